The van der Waals surface area contributed by atoms with Crippen molar-refractivity contribution in [2.75, 3.05) is 24.7 Å². The fourth-order valence-electron chi connectivity index (χ4n) is 2.99. The van der Waals surface area contributed by atoms with Gasteiger partial charge in [0.1, 0.15) is 10.6 Å². The number of hydrogen-bond acceptors (Lipinski definition) is 5. The molecule has 0 N–H and O–H groups in total. The second-order valence-electron chi connectivity index (χ2n) is 5.70. The van der Waals surface area contributed by atoms with Crippen molar-refractivity contribution in [3.63, 3.8) is 0 Å². The van der Waals surface area contributed by atoms with Crippen molar-refractivity contribution in [2.24, 2.45) is 0 Å². The molecule has 2 aromatic heterocycles. The first-order valence-electron chi connectivity index (χ1n) is 7.82. The van der Waals surface area contributed by atoms with Gasteiger partial charge in [0.15, 0.2) is 5.16 Å². The standard InChI is InChI=1S/C16H23N3S2/c1-4-5-10-19(2)14-13-11-8-6-7-9-12(11)21-15(13)18-16(17-14)20-3/h4-10H2,1-3H3. The van der Waals surface area contributed by atoms with Gasteiger partial charge in [0.2, 0.25) is 0 Å². The fraction of sp³-hybridized carbons (Fsp3) is 0.625. The van der Waals surface area contributed by atoms with Gasteiger partial charge in [0.05, 0.1) is 5.39 Å². The number of thiophene rings is 1. The normalized spacial score (nSPS) is 14.4. The van der Waals surface area contributed by atoms with E-state index in [-0.39, 0.29) is 0 Å². The highest BCUT2D eigenvalue weighted by atomic mass is 32.2. The molecule has 2 heterocycles. The van der Waals surface area contributed by atoms with E-state index in [1.807, 2.05) is 11.3 Å². The number of hydrogen-bond donors (Lipinski definition) is 0. The number of unbranched alkanes of at least 4 members (excludes halogenated alkanes) is 1. The molecule has 0 bridgehead atoms. The monoisotopic (exact) mass is 321 g/mol. The summed E-state index contributed by atoms with van der Waals surface area (Å²) in [5.41, 5.74) is 1.53. The summed E-state index contributed by atoms with van der Waals surface area (Å²) in [4.78, 5) is 14.7. The van der Waals surface area contributed by atoms with E-state index in [4.69, 9.17) is 9.97 Å². The van der Waals surface area contributed by atoms with E-state index >= 15 is 0 Å². The summed E-state index contributed by atoms with van der Waals surface area (Å²) in [5.74, 6) is 1.15. The molecule has 3 nitrogen and oxygen atoms in total. The quantitative estimate of drug-likeness (QED) is 0.598. The summed E-state index contributed by atoms with van der Waals surface area (Å²) in [5, 5.41) is 2.24. The van der Waals surface area contributed by atoms with E-state index in [9.17, 15) is 0 Å². The molecule has 0 atom stereocenters. The lowest BCUT2D eigenvalue weighted by Gasteiger charge is -2.20. The van der Waals surface area contributed by atoms with Gasteiger partial charge in [-0.05, 0) is 43.9 Å². The lowest BCUT2D eigenvalue weighted by molar-refractivity contribution is 0.699. The van der Waals surface area contributed by atoms with Crippen LogP contribution in [0.4, 0.5) is 5.82 Å². The summed E-state index contributed by atoms with van der Waals surface area (Å²) in [6.45, 7) is 3.31. The maximum Gasteiger partial charge on any atom is 0.190 e. The van der Waals surface area contributed by atoms with E-state index < -0.39 is 0 Å². The lowest BCUT2D eigenvalue weighted by Crippen LogP contribution is -2.20. The van der Waals surface area contributed by atoms with E-state index in [1.165, 1.54) is 54.3 Å². The van der Waals surface area contributed by atoms with Gasteiger partial charge >= 0.3 is 0 Å². The molecule has 5 heteroatoms. The minimum Gasteiger partial charge on any atom is -0.359 e. The lowest BCUT2D eigenvalue weighted by atomic mass is 9.97. The Morgan fingerprint density at radius 3 is 2.81 bits per heavy atom. The number of nitrogens with zero attached hydrogens (tertiary/aromatic N) is 3. The zero-order valence-electron chi connectivity index (χ0n) is 13.1. The third-order valence-electron chi connectivity index (χ3n) is 4.17. The highest BCUT2D eigenvalue weighted by Crippen LogP contribution is 2.40. The van der Waals surface area contributed by atoms with Gasteiger partial charge in [-0.2, -0.15) is 0 Å². The third kappa shape index (κ3) is 2.90. The molecule has 114 valence electrons. The predicted octanol–water partition coefficient (Wildman–Crippen LogP) is 4.53. The van der Waals surface area contributed by atoms with Crippen molar-refractivity contribution in [1.82, 2.24) is 9.97 Å². The van der Waals surface area contributed by atoms with Crippen LogP contribution in [-0.4, -0.2) is 29.8 Å². The van der Waals surface area contributed by atoms with Crippen LogP contribution in [0.1, 0.15) is 43.0 Å². The number of thioether (sulfide) groups is 1. The van der Waals surface area contributed by atoms with Crippen molar-refractivity contribution in [1.29, 1.82) is 0 Å². The molecule has 0 aromatic carbocycles. The van der Waals surface area contributed by atoms with Crippen molar-refractivity contribution in [3.05, 3.63) is 10.4 Å². The van der Waals surface area contributed by atoms with Crippen LogP contribution in [0.2, 0.25) is 0 Å². The molecule has 0 saturated carbocycles. The Kier molecular flexibility index (Phi) is 4.69. The highest BCUT2D eigenvalue weighted by Gasteiger charge is 2.22. The molecule has 21 heavy (non-hydrogen) atoms. The molecular formula is C16H23N3S2. The average Bonchev–Trinajstić information content (AvgIpc) is 2.89. The van der Waals surface area contributed by atoms with E-state index in [1.54, 1.807) is 16.6 Å². The number of fused-ring (bicyclic) bond motifs is 3. The molecule has 0 radical (unpaired) electrons. The van der Waals surface area contributed by atoms with Crippen molar-refractivity contribution in [3.8, 4) is 0 Å². The zero-order chi connectivity index (χ0) is 14.8. The summed E-state index contributed by atoms with van der Waals surface area (Å²) in [6, 6.07) is 0. The second-order valence-corrected chi connectivity index (χ2v) is 7.56. The van der Waals surface area contributed by atoms with Crippen LogP contribution >= 0.6 is 23.1 Å². The van der Waals surface area contributed by atoms with Gasteiger partial charge < -0.3 is 4.90 Å². The van der Waals surface area contributed by atoms with E-state index in [0.29, 0.717) is 0 Å². The van der Waals surface area contributed by atoms with E-state index in [2.05, 4.69) is 25.1 Å². The predicted molar refractivity (Wildman–Crippen MR) is 94.0 cm³/mol. The second kappa shape index (κ2) is 6.53. The third-order valence-corrected chi connectivity index (χ3v) is 5.90. The number of anilines is 1. The highest BCUT2D eigenvalue weighted by molar-refractivity contribution is 7.98. The zero-order valence-corrected chi connectivity index (χ0v) is 14.7. The number of rotatable bonds is 5. The molecule has 0 amide bonds. The molecule has 0 aliphatic heterocycles. The van der Waals surface area contributed by atoms with Gasteiger partial charge in [-0.3, -0.25) is 0 Å². The van der Waals surface area contributed by atoms with Crippen LogP contribution in [0.15, 0.2) is 5.16 Å². The summed E-state index contributed by atoms with van der Waals surface area (Å²) < 4.78 is 0. The first kappa shape index (κ1) is 15.1. The van der Waals surface area contributed by atoms with E-state index in [0.717, 1.165) is 17.5 Å². The molecule has 1 aliphatic rings. The topological polar surface area (TPSA) is 29.0 Å². The maximum atomic E-state index is 4.84. The first-order chi connectivity index (χ1) is 10.2. The van der Waals surface area contributed by atoms with Gasteiger partial charge in [0.25, 0.3) is 0 Å². The maximum absolute atomic E-state index is 4.84. The van der Waals surface area contributed by atoms with Crippen LogP contribution in [0, 0.1) is 0 Å². The average molecular weight is 322 g/mol. The minimum absolute atomic E-state index is 0.902. The SMILES string of the molecule is CCCCN(C)c1nc(SC)nc2sc3c(c12)CCCC3. The molecule has 1 aliphatic carbocycles. The van der Waals surface area contributed by atoms with Crippen LogP contribution in [0.25, 0.3) is 10.2 Å². The smallest absolute Gasteiger partial charge is 0.190 e. The van der Waals surface area contributed by atoms with Crippen LogP contribution in [0.3, 0.4) is 0 Å². The molecule has 0 saturated heterocycles. The van der Waals surface area contributed by atoms with Gasteiger partial charge in [-0.1, -0.05) is 25.1 Å². The van der Waals surface area contributed by atoms with Crippen LogP contribution < -0.4 is 4.90 Å². The molecule has 3 rings (SSSR count). The molecule has 0 unspecified atom stereocenters. The Hall–Kier alpha value is -0.810. The van der Waals surface area contributed by atoms with Gasteiger partial charge in [0, 0.05) is 18.5 Å². The fourth-order valence-corrected chi connectivity index (χ4v) is 4.66. The van der Waals surface area contributed by atoms with Crippen LogP contribution in [-0.2, 0) is 12.8 Å². The Labute approximate surface area is 135 Å². The Balaban J connectivity index is 2.12. The number of aromatic nitrogens is 2. The van der Waals surface area contributed by atoms with Gasteiger partial charge in [-0.25, -0.2) is 9.97 Å². The molecule has 0 fully saturated rings. The van der Waals surface area contributed by atoms with Crippen molar-refractivity contribution >= 4 is 39.1 Å². The molecule has 2 aromatic rings. The Bertz CT molecular complexity index is 636. The summed E-state index contributed by atoms with van der Waals surface area (Å²) in [7, 11) is 2.18. The minimum atomic E-state index is 0.902. The van der Waals surface area contributed by atoms with Crippen molar-refractivity contribution in [2.45, 2.75) is 50.6 Å². The van der Waals surface area contributed by atoms with Crippen LogP contribution in [0.5, 0.6) is 0 Å². The number of aryl methyl sites for hydroxylation is 2. The van der Waals surface area contributed by atoms with Crippen molar-refractivity contribution < 1.29 is 0 Å². The first-order valence-corrected chi connectivity index (χ1v) is 9.86. The Morgan fingerprint density at radius 2 is 2.05 bits per heavy atom. The Morgan fingerprint density at radius 1 is 1.24 bits per heavy atom. The van der Waals surface area contributed by atoms with Gasteiger partial charge in [-0.15, -0.1) is 11.3 Å². The summed E-state index contributed by atoms with van der Waals surface area (Å²) >= 11 is 3.54. The largest absolute Gasteiger partial charge is 0.359 e. The molecular weight excluding hydrogens is 298 g/mol. The molecule has 0 spiro atoms. The summed E-state index contributed by atoms with van der Waals surface area (Å²) in [6.07, 6.45) is 9.54.